The summed E-state index contributed by atoms with van der Waals surface area (Å²) in [5.74, 6) is -0.624. The number of nitrogens with one attached hydrogen (secondary N) is 1. The highest BCUT2D eigenvalue weighted by molar-refractivity contribution is 9.10. The van der Waals surface area contributed by atoms with Crippen molar-refractivity contribution in [3.05, 3.63) is 22.4 Å². The molecule has 0 bridgehead atoms. The number of benzene rings is 1. The topological polar surface area (TPSA) is 72.2 Å². The van der Waals surface area contributed by atoms with Gasteiger partial charge in [0.1, 0.15) is 4.90 Å². The van der Waals surface area contributed by atoms with Crippen molar-refractivity contribution in [1.29, 1.82) is 0 Å². The molecule has 4 nitrogen and oxygen atoms in total. The summed E-state index contributed by atoms with van der Waals surface area (Å²) in [6, 6.07) is 2.19. The number of halogens is 2. The molecule has 1 aromatic rings. The molecule has 0 spiro atoms. The smallest absolute Gasteiger partial charge is 0.243 e. The number of hydrogen-bond donors (Lipinski definition) is 2. The van der Waals surface area contributed by atoms with Crippen LogP contribution in [0.25, 0.3) is 0 Å². The minimum Gasteiger partial charge on any atom is -0.399 e. The summed E-state index contributed by atoms with van der Waals surface area (Å²) in [7, 11) is -3.94. The number of nitrogens with two attached hydrogens (primary N) is 1. The molecule has 1 unspecified atom stereocenters. The van der Waals surface area contributed by atoms with Crippen LogP contribution in [0.5, 0.6) is 0 Å². The van der Waals surface area contributed by atoms with E-state index in [1.54, 1.807) is 6.92 Å². The molecule has 0 aromatic heterocycles. The summed E-state index contributed by atoms with van der Waals surface area (Å²) in [4.78, 5) is -0.429. The lowest BCUT2D eigenvalue weighted by molar-refractivity contribution is 0.390. The summed E-state index contributed by atoms with van der Waals surface area (Å²) in [5.41, 5.74) is 5.77. The Hall–Kier alpha value is -0.660. The van der Waals surface area contributed by atoms with Gasteiger partial charge < -0.3 is 5.73 Å². The number of hydrogen-bond acceptors (Lipinski definition) is 3. The highest BCUT2D eigenvalue weighted by Crippen LogP contribution is 2.26. The summed E-state index contributed by atoms with van der Waals surface area (Å²) < 4.78 is 41.1. The van der Waals surface area contributed by atoms with Gasteiger partial charge in [0.2, 0.25) is 10.0 Å². The van der Waals surface area contributed by atoms with Crippen molar-refractivity contribution < 1.29 is 12.8 Å². The van der Waals surface area contributed by atoms with Gasteiger partial charge in [0.05, 0.1) is 4.47 Å². The minimum atomic E-state index is -3.94. The Morgan fingerprint density at radius 1 is 1.35 bits per heavy atom. The van der Waals surface area contributed by atoms with Crippen LogP contribution in [0.4, 0.5) is 10.1 Å². The van der Waals surface area contributed by atoms with Crippen LogP contribution in [0.3, 0.4) is 0 Å². The maximum atomic E-state index is 14.0. The SMILES string of the molecule is CCC(CC)C(C)NS(=O)(=O)c1cc(N)cc(Br)c1F. The fourth-order valence-corrected chi connectivity index (χ4v) is 4.23. The molecule has 1 rings (SSSR count). The first kappa shape index (κ1) is 17.4. The van der Waals surface area contributed by atoms with Gasteiger partial charge in [0.15, 0.2) is 5.82 Å². The molecule has 0 fully saturated rings. The van der Waals surface area contributed by atoms with Crippen LogP contribution >= 0.6 is 15.9 Å². The Balaban J connectivity index is 3.12. The van der Waals surface area contributed by atoms with Gasteiger partial charge in [0.25, 0.3) is 0 Å². The van der Waals surface area contributed by atoms with E-state index in [1.165, 1.54) is 6.07 Å². The second kappa shape index (κ2) is 6.87. The van der Waals surface area contributed by atoms with Crippen LogP contribution in [0.15, 0.2) is 21.5 Å². The minimum absolute atomic E-state index is 0.0352. The second-order valence-electron chi connectivity index (χ2n) is 4.80. The van der Waals surface area contributed by atoms with E-state index < -0.39 is 20.7 Å². The summed E-state index contributed by atoms with van der Waals surface area (Å²) >= 11 is 2.96. The number of anilines is 1. The molecule has 0 aliphatic carbocycles. The van der Waals surface area contributed by atoms with Gasteiger partial charge in [-0.3, -0.25) is 0 Å². The third kappa shape index (κ3) is 3.93. The Kier molecular flexibility index (Phi) is 5.97. The third-order valence-electron chi connectivity index (χ3n) is 3.40. The summed E-state index contributed by atoms with van der Waals surface area (Å²) in [5, 5.41) is 0. The molecule has 1 aromatic carbocycles. The van der Waals surface area contributed by atoms with Gasteiger partial charge in [-0.25, -0.2) is 17.5 Å². The van der Waals surface area contributed by atoms with Crippen molar-refractivity contribution in [1.82, 2.24) is 4.72 Å². The molecule has 3 N–H and O–H groups in total. The van der Waals surface area contributed by atoms with Gasteiger partial charge in [-0.2, -0.15) is 0 Å². The molecule has 0 amide bonds. The van der Waals surface area contributed by atoms with E-state index in [0.717, 1.165) is 18.9 Å². The zero-order valence-corrected chi connectivity index (χ0v) is 14.2. The average Bonchev–Trinajstić information content (AvgIpc) is 2.34. The average molecular weight is 367 g/mol. The van der Waals surface area contributed by atoms with Gasteiger partial charge in [-0.1, -0.05) is 26.7 Å². The highest BCUT2D eigenvalue weighted by Gasteiger charge is 2.26. The predicted octanol–water partition coefficient (Wildman–Crippen LogP) is 3.27. The van der Waals surface area contributed by atoms with Crippen molar-refractivity contribution in [2.45, 2.75) is 44.6 Å². The largest absolute Gasteiger partial charge is 0.399 e. The summed E-state index contributed by atoms with van der Waals surface area (Å²) in [6.45, 7) is 5.78. The van der Waals surface area contributed by atoms with Crippen molar-refractivity contribution >= 4 is 31.6 Å². The number of sulfonamides is 1. The number of nitrogen functional groups attached to an aromatic ring is 1. The third-order valence-corrected chi connectivity index (χ3v) is 5.54. The van der Waals surface area contributed by atoms with Crippen molar-refractivity contribution in [3.8, 4) is 0 Å². The van der Waals surface area contributed by atoms with Crippen molar-refractivity contribution in [2.75, 3.05) is 5.73 Å². The molecular formula is C13H20BrFN2O2S. The Bertz CT molecular complexity index is 574. The van der Waals surface area contributed by atoms with Crippen LogP contribution in [0.1, 0.15) is 33.6 Å². The molecule has 1 atom stereocenters. The van der Waals surface area contributed by atoms with Crippen molar-refractivity contribution in [2.24, 2.45) is 5.92 Å². The molecule has 0 saturated carbocycles. The van der Waals surface area contributed by atoms with E-state index in [9.17, 15) is 12.8 Å². The zero-order valence-electron chi connectivity index (χ0n) is 11.8. The van der Waals surface area contributed by atoms with Crippen LogP contribution in [0.2, 0.25) is 0 Å². The molecule has 0 aliphatic rings. The van der Waals surface area contributed by atoms with Gasteiger partial charge in [-0.15, -0.1) is 0 Å². The molecule has 0 heterocycles. The first-order valence-electron chi connectivity index (χ1n) is 6.49. The van der Waals surface area contributed by atoms with E-state index in [4.69, 9.17) is 5.73 Å². The molecule has 0 aliphatic heterocycles. The van der Waals surface area contributed by atoms with Gasteiger partial charge >= 0.3 is 0 Å². The van der Waals surface area contributed by atoms with E-state index in [2.05, 4.69) is 20.7 Å². The van der Waals surface area contributed by atoms with Crippen molar-refractivity contribution in [3.63, 3.8) is 0 Å². The van der Waals surface area contributed by atoms with E-state index >= 15 is 0 Å². The lowest BCUT2D eigenvalue weighted by Crippen LogP contribution is -2.38. The van der Waals surface area contributed by atoms with E-state index in [0.29, 0.717) is 0 Å². The normalized spacial score (nSPS) is 13.7. The Labute approximate surface area is 128 Å². The first-order valence-corrected chi connectivity index (χ1v) is 8.77. The first-order chi connectivity index (χ1) is 9.22. The predicted molar refractivity (Wildman–Crippen MR) is 82.4 cm³/mol. The lowest BCUT2D eigenvalue weighted by Gasteiger charge is -2.22. The Morgan fingerprint density at radius 2 is 1.90 bits per heavy atom. The standard InChI is InChI=1S/C13H20BrFN2O2S/c1-4-9(5-2)8(3)17-20(18,19)12-7-10(16)6-11(14)13(12)15/h6-9,17H,4-5,16H2,1-3H3. The monoisotopic (exact) mass is 366 g/mol. The fourth-order valence-electron chi connectivity index (χ4n) is 2.18. The molecule has 0 radical (unpaired) electrons. The quantitative estimate of drug-likeness (QED) is 0.758. The molecule has 0 saturated heterocycles. The van der Waals surface area contributed by atoms with Crippen LogP contribution < -0.4 is 10.5 Å². The Morgan fingerprint density at radius 3 is 2.40 bits per heavy atom. The van der Waals surface area contributed by atoms with Gasteiger partial charge in [-0.05, 0) is 40.9 Å². The van der Waals surface area contributed by atoms with Crippen LogP contribution in [0, 0.1) is 11.7 Å². The second-order valence-corrected chi connectivity index (χ2v) is 7.34. The lowest BCUT2D eigenvalue weighted by atomic mass is 9.96. The van der Waals surface area contributed by atoms with Crippen LogP contribution in [-0.4, -0.2) is 14.5 Å². The van der Waals surface area contributed by atoms with E-state index in [-0.39, 0.29) is 22.1 Å². The highest BCUT2D eigenvalue weighted by atomic mass is 79.9. The van der Waals surface area contributed by atoms with Crippen LogP contribution in [-0.2, 0) is 10.0 Å². The maximum absolute atomic E-state index is 14.0. The molecular weight excluding hydrogens is 347 g/mol. The van der Waals surface area contributed by atoms with E-state index in [1.807, 2.05) is 13.8 Å². The molecule has 7 heteroatoms. The summed E-state index contributed by atoms with van der Waals surface area (Å²) in [6.07, 6.45) is 1.70. The molecule has 114 valence electrons. The zero-order chi connectivity index (χ0) is 15.5. The maximum Gasteiger partial charge on any atom is 0.243 e. The van der Waals surface area contributed by atoms with Gasteiger partial charge in [0, 0.05) is 11.7 Å². The number of rotatable bonds is 6. The molecule has 20 heavy (non-hydrogen) atoms. The fraction of sp³-hybridized carbons (Fsp3) is 0.538.